The lowest BCUT2D eigenvalue weighted by atomic mass is 10.0. The Balaban J connectivity index is 1.58. The first kappa shape index (κ1) is 22.4. The summed E-state index contributed by atoms with van der Waals surface area (Å²) in [5.41, 5.74) is 7.18. The van der Waals surface area contributed by atoms with Gasteiger partial charge in [-0.25, -0.2) is 4.79 Å². The Labute approximate surface area is 244 Å². The van der Waals surface area contributed by atoms with E-state index in [1.165, 1.54) is 0 Å². The zero-order valence-corrected chi connectivity index (χ0v) is 22.9. The van der Waals surface area contributed by atoms with Crippen LogP contribution in [0.15, 0.2) is 124 Å². The summed E-state index contributed by atoms with van der Waals surface area (Å²) in [6, 6.07) is 34.8. The van der Waals surface area contributed by atoms with Crippen molar-refractivity contribution in [3.8, 4) is 0 Å². The average molecular weight is 567 g/mol. The van der Waals surface area contributed by atoms with Crippen LogP contribution in [0.2, 0.25) is 0 Å². The Kier molecular flexibility index (Phi) is 3.67. The van der Waals surface area contributed by atoms with E-state index in [1.807, 2.05) is 84.9 Å². The molecule has 0 radical (unpaired) electrons. The molecular weight excluding hydrogens is 548 g/mol. The van der Waals surface area contributed by atoms with Crippen LogP contribution in [-0.4, -0.2) is 17.6 Å². The molecule has 6 aromatic carbocycles. The van der Waals surface area contributed by atoms with Crippen molar-refractivity contribution in [2.75, 3.05) is 0 Å². The Hall–Kier alpha value is -6.21. The van der Waals surface area contributed by atoms with E-state index >= 15 is 4.79 Å². The van der Waals surface area contributed by atoms with Gasteiger partial charge in [-0.1, -0.05) is 48.5 Å². The van der Waals surface area contributed by atoms with Crippen LogP contribution in [0.4, 0.5) is 0 Å². The highest BCUT2D eigenvalue weighted by Gasteiger charge is 2.25. The van der Waals surface area contributed by atoms with Crippen molar-refractivity contribution in [3.63, 3.8) is 0 Å². The molecule has 0 saturated heterocycles. The molecule has 11 rings (SSSR count). The van der Waals surface area contributed by atoms with E-state index in [-0.39, 0.29) is 16.5 Å². The molecular formula is C37H18N4O3. The zero-order valence-electron chi connectivity index (χ0n) is 22.9. The first-order valence-electron chi connectivity index (χ1n) is 14.5. The topological polar surface area (TPSA) is 68.8 Å². The van der Waals surface area contributed by atoms with Gasteiger partial charge in [-0.15, -0.1) is 0 Å². The number of fused-ring (bicyclic) bond motifs is 8. The molecule has 0 aliphatic carbocycles. The third kappa shape index (κ3) is 2.28. The molecule has 0 atom stereocenters. The second-order valence-corrected chi connectivity index (χ2v) is 11.6. The van der Waals surface area contributed by atoms with Crippen LogP contribution in [0, 0.1) is 0 Å². The maximum Gasteiger partial charge on any atom is 0.338 e. The Morgan fingerprint density at radius 3 is 1.25 bits per heavy atom. The number of pyridine rings is 2. The van der Waals surface area contributed by atoms with Crippen LogP contribution >= 0.6 is 0 Å². The highest BCUT2D eigenvalue weighted by atomic mass is 16.1. The summed E-state index contributed by atoms with van der Waals surface area (Å²) in [6.07, 6.45) is 0. The zero-order chi connectivity index (χ0) is 29.0. The van der Waals surface area contributed by atoms with E-state index in [4.69, 9.17) is 0 Å². The Bertz CT molecular complexity index is 3070. The molecule has 0 fully saturated rings. The van der Waals surface area contributed by atoms with Gasteiger partial charge in [0.2, 0.25) is 0 Å². The molecule has 7 heteroatoms. The standard InChI is InChI=1S/C37H18N4O3/c42-35-20-7-1-3-11-24(20)38-28-17-15-19-16-18-29-34-30(19)33(28)40(26-13-5-9-22(35)31(26)38)37(44)41(34)27-14-6-10-23-32(27)39(29)25-12-4-2-8-21(25)36(23)43/h1-18H. The lowest BCUT2D eigenvalue weighted by Gasteiger charge is -2.23. The van der Waals surface area contributed by atoms with E-state index < -0.39 is 0 Å². The molecule has 7 nitrogen and oxygen atoms in total. The van der Waals surface area contributed by atoms with Gasteiger partial charge in [0.15, 0.2) is 10.9 Å². The van der Waals surface area contributed by atoms with Crippen LogP contribution in [-0.2, 0) is 0 Å². The summed E-state index contributed by atoms with van der Waals surface area (Å²) in [7, 11) is 0. The molecule has 204 valence electrons. The number of hydrogen-bond acceptors (Lipinski definition) is 3. The first-order chi connectivity index (χ1) is 21.6. The third-order valence-electron chi connectivity index (χ3n) is 9.63. The summed E-state index contributed by atoms with van der Waals surface area (Å²) in [5, 5.41) is 4.31. The molecule has 5 aromatic heterocycles. The van der Waals surface area contributed by atoms with Gasteiger partial charge >= 0.3 is 5.69 Å². The molecule has 0 spiro atoms. The predicted octanol–water partition coefficient (Wildman–Crippen LogP) is 6.57. The van der Waals surface area contributed by atoms with Gasteiger partial charge in [-0.05, 0) is 66.0 Å². The van der Waals surface area contributed by atoms with E-state index in [0.717, 1.165) is 43.9 Å². The van der Waals surface area contributed by atoms with Gasteiger partial charge in [0.25, 0.3) is 0 Å². The minimum Gasteiger partial charge on any atom is -0.305 e. The lowest BCUT2D eigenvalue weighted by molar-refractivity contribution is 0.988. The molecule has 5 heterocycles. The second-order valence-electron chi connectivity index (χ2n) is 11.6. The molecule has 11 aromatic rings. The maximum atomic E-state index is 15.0. The van der Waals surface area contributed by atoms with Crippen molar-refractivity contribution >= 4 is 87.5 Å². The molecule has 0 aliphatic rings. The maximum absolute atomic E-state index is 15.0. The number of benzene rings is 6. The fourth-order valence-electron chi connectivity index (χ4n) is 7.92. The van der Waals surface area contributed by atoms with Crippen molar-refractivity contribution in [2.45, 2.75) is 0 Å². The Morgan fingerprint density at radius 2 is 0.750 bits per heavy atom. The van der Waals surface area contributed by atoms with Crippen LogP contribution in [0.3, 0.4) is 0 Å². The van der Waals surface area contributed by atoms with Crippen LogP contribution in [0.25, 0.3) is 87.5 Å². The summed E-state index contributed by atoms with van der Waals surface area (Å²) >= 11 is 0. The first-order valence-corrected chi connectivity index (χ1v) is 14.5. The highest BCUT2D eigenvalue weighted by Crippen LogP contribution is 2.38. The summed E-state index contributed by atoms with van der Waals surface area (Å²) in [6.45, 7) is 0. The van der Waals surface area contributed by atoms with Crippen molar-refractivity contribution in [3.05, 3.63) is 140 Å². The van der Waals surface area contributed by atoms with Crippen LogP contribution in [0.1, 0.15) is 0 Å². The van der Waals surface area contributed by atoms with Crippen molar-refractivity contribution in [1.29, 1.82) is 0 Å². The molecule has 0 saturated carbocycles. The minimum atomic E-state index is -0.252. The molecule has 0 aliphatic heterocycles. The highest BCUT2D eigenvalue weighted by molar-refractivity contribution is 6.22. The fraction of sp³-hybridized carbons (Fsp3) is 0. The van der Waals surface area contributed by atoms with E-state index in [1.54, 1.807) is 8.80 Å². The van der Waals surface area contributed by atoms with E-state index in [0.29, 0.717) is 43.6 Å². The Morgan fingerprint density at radius 1 is 0.341 bits per heavy atom. The number of nitrogens with zero attached hydrogens (tertiary/aromatic N) is 4. The van der Waals surface area contributed by atoms with Crippen molar-refractivity contribution in [1.82, 2.24) is 17.6 Å². The summed E-state index contributed by atoms with van der Waals surface area (Å²) in [4.78, 5) is 42.6. The lowest BCUT2D eigenvalue weighted by Crippen LogP contribution is -2.27. The molecule has 0 amide bonds. The molecule has 0 N–H and O–H groups in total. The summed E-state index contributed by atoms with van der Waals surface area (Å²) in [5.74, 6) is 0. The number of hydrogen-bond donors (Lipinski definition) is 0. The average Bonchev–Trinajstić information content (AvgIpc) is 3.07. The predicted molar refractivity (Wildman–Crippen MR) is 176 cm³/mol. The quantitative estimate of drug-likeness (QED) is 0.154. The van der Waals surface area contributed by atoms with Gasteiger partial charge in [0, 0.05) is 26.9 Å². The monoisotopic (exact) mass is 566 g/mol. The van der Waals surface area contributed by atoms with Gasteiger partial charge in [0.1, 0.15) is 0 Å². The number of rotatable bonds is 0. The molecule has 0 unspecified atom stereocenters. The van der Waals surface area contributed by atoms with Gasteiger partial charge < -0.3 is 8.80 Å². The van der Waals surface area contributed by atoms with Gasteiger partial charge in [-0.3, -0.25) is 18.4 Å². The van der Waals surface area contributed by atoms with E-state index in [2.05, 4.69) is 33.1 Å². The van der Waals surface area contributed by atoms with Gasteiger partial charge in [0.05, 0.1) is 55.2 Å². The third-order valence-corrected chi connectivity index (χ3v) is 9.63. The van der Waals surface area contributed by atoms with E-state index in [9.17, 15) is 9.59 Å². The summed E-state index contributed by atoms with van der Waals surface area (Å²) < 4.78 is 7.80. The van der Waals surface area contributed by atoms with Crippen molar-refractivity contribution in [2.24, 2.45) is 0 Å². The minimum absolute atomic E-state index is 0.0618. The number of para-hydroxylation sites is 4. The smallest absolute Gasteiger partial charge is 0.305 e. The van der Waals surface area contributed by atoms with Crippen LogP contribution < -0.4 is 16.5 Å². The molecule has 44 heavy (non-hydrogen) atoms. The largest absolute Gasteiger partial charge is 0.338 e. The molecule has 0 bridgehead atoms. The normalized spacial score (nSPS) is 12.8. The van der Waals surface area contributed by atoms with Crippen LogP contribution in [0.5, 0.6) is 0 Å². The SMILES string of the molecule is O=c1c2ccccc2n2c3ccc4ccc5c6c4c3n(c(=O)n6c3cccc4c(=O)c6ccccc6n5c43)c3cccc1c32. The van der Waals surface area contributed by atoms with Crippen molar-refractivity contribution < 1.29 is 0 Å². The second kappa shape index (κ2) is 7.22. The fourth-order valence-corrected chi connectivity index (χ4v) is 7.92. The number of aromatic nitrogens is 4. The van der Waals surface area contributed by atoms with Gasteiger partial charge in [-0.2, -0.15) is 0 Å².